The number of likely N-dealkylation sites (N-methyl/N-ethyl adjacent to an activating group) is 1. The summed E-state index contributed by atoms with van der Waals surface area (Å²) >= 11 is 12.7. The van der Waals surface area contributed by atoms with Crippen LogP contribution in [0.15, 0.2) is 30.3 Å². The van der Waals surface area contributed by atoms with Crippen molar-refractivity contribution in [1.82, 2.24) is 4.90 Å². The Labute approximate surface area is 150 Å². The number of nitrogens with one attached hydrogen (secondary N) is 1. The summed E-state index contributed by atoms with van der Waals surface area (Å²) in [5, 5.41) is 13.6. The van der Waals surface area contributed by atoms with Crippen molar-refractivity contribution in [2.45, 2.75) is 0 Å². The molecule has 2 rings (SSSR count). The highest BCUT2D eigenvalue weighted by Gasteiger charge is 2.20. The van der Waals surface area contributed by atoms with E-state index in [0.29, 0.717) is 0 Å². The molecule has 1 N–H and O–H groups in total. The highest BCUT2D eigenvalue weighted by Crippen LogP contribution is 2.29. The lowest BCUT2D eigenvalue weighted by Crippen LogP contribution is -2.34. The second-order valence-corrected chi connectivity index (χ2v) is 6.58. The quantitative estimate of drug-likeness (QED) is 0.625. The topological polar surface area (TPSA) is 92.6 Å². The van der Waals surface area contributed by atoms with E-state index in [2.05, 4.69) is 5.32 Å². The Morgan fingerprint density at radius 2 is 1.88 bits per heavy atom. The average Bonchev–Trinajstić information content (AvgIpc) is 3.00. The fraction of sp³-hybridized carbons (Fsp3) is 0.143. The molecule has 0 bridgehead atoms. The minimum atomic E-state index is -0.576. The Bertz CT molecular complexity index is 789. The van der Waals surface area contributed by atoms with E-state index in [4.69, 9.17) is 23.2 Å². The molecule has 0 fully saturated rings. The third-order valence-electron chi connectivity index (χ3n) is 2.94. The van der Waals surface area contributed by atoms with Crippen molar-refractivity contribution < 1.29 is 14.5 Å². The molecule has 1 aromatic heterocycles. The van der Waals surface area contributed by atoms with E-state index in [9.17, 15) is 19.7 Å². The maximum absolute atomic E-state index is 12.2. The van der Waals surface area contributed by atoms with E-state index in [1.54, 1.807) is 18.2 Å². The standard InChI is InChI=1S/C14H11Cl2N3O4S/c1-18(14(21)10-5-6-12(24-10)19(22)23)7-11(20)17-13-8(15)3-2-4-9(13)16/h2-6H,7H2,1H3,(H,17,20). The Hall–Kier alpha value is -2.16. The van der Waals surface area contributed by atoms with Gasteiger partial charge in [0.25, 0.3) is 5.91 Å². The molecule has 0 aliphatic carbocycles. The third-order valence-corrected chi connectivity index (χ3v) is 4.59. The van der Waals surface area contributed by atoms with Crippen LogP contribution in [0.3, 0.4) is 0 Å². The van der Waals surface area contributed by atoms with Gasteiger partial charge in [0.05, 0.1) is 32.1 Å². The monoisotopic (exact) mass is 387 g/mol. The number of benzene rings is 1. The molecule has 24 heavy (non-hydrogen) atoms. The number of para-hydroxylation sites is 1. The number of nitro groups is 1. The lowest BCUT2D eigenvalue weighted by molar-refractivity contribution is -0.380. The van der Waals surface area contributed by atoms with Crippen LogP contribution in [-0.4, -0.2) is 35.2 Å². The van der Waals surface area contributed by atoms with Crippen LogP contribution in [0.5, 0.6) is 0 Å². The summed E-state index contributed by atoms with van der Waals surface area (Å²) in [5.74, 6) is -0.986. The molecule has 0 aliphatic heterocycles. The fourth-order valence-corrected chi connectivity index (χ4v) is 3.12. The predicted molar refractivity (Wildman–Crippen MR) is 93.0 cm³/mol. The predicted octanol–water partition coefficient (Wildman–Crippen LogP) is 3.67. The zero-order valence-electron chi connectivity index (χ0n) is 12.3. The van der Waals surface area contributed by atoms with Gasteiger partial charge in [0.2, 0.25) is 5.91 Å². The molecule has 0 atom stereocenters. The first-order valence-corrected chi connectivity index (χ1v) is 8.10. The second-order valence-electron chi connectivity index (χ2n) is 4.70. The number of halogens is 2. The first-order chi connectivity index (χ1) is 11.3. The summed E-state index contributed by atoms with van der Waals surface area (Å²) in [7, 11) is 1.42. The van der Waals surface area contributed by atoms with Gasteiger partial charge in [0, 0.05) is 13.1 Å². The van der Waals surface area contributed by atoms with Crippen molar-refractivity contribution in [3.63, 3.8) is 0 Å². The number of nitrogens with zero attached hydrogens (tertiary/aromatic N) is 2. The Morgan fingerprint density at radius 3 is 2.42 bits per heavy atom. The SMILES string of the molecule is CN(CC(=O)Nc1c(Cl)cccc1Cl)C(=O)c1ccc([N+](=O)[O-])s1. The summed E-state index contributed by atoms with van der Waals surface area (Å²) in [6, 6.07) is 7.38. The van der Waals surface area contributed by atoms with E-state index in [-0.39, 0.29) is 32.2 Å². The van der Waals surface area contributed by atoms with E-state index in [1.807, 2.05) is 0 Å². The van der Waals surface area contributed by atoms with Gasteiger partial charge in [-0.1, -0.05) is 40.6 Å². The second kappa shape index (κ2) is 7.61. The molecule has 10 heteroatoms. The van der Waals surface area contributed by atoms with E-state index in [0.717, 1.165) is 16.2 Å². The molecule has 2 amide bonds. The largest absolute Gasteiger partial charge is 0.332 e. The lowest BCUT2D eigenvalue weighted by Gasteiger charge is -2.16. The third kappa shape index (κ3) is 4.22. The molecule has 0 unspecified atom stereocenters. The zero-order chi connectivity index (χ0) is 17.9. The van der Waals surface area contributed by atoms with Crippen LogP contribution in [0.25, 0.3) is 0 Å². The van der Waals surface area contributed by atoms with Gasteiger partial charge in [-0.3, -0.25) is 19.7 Å². The smallest absolute Gasteiger partial charge is 0.324 e. The van der Waals surface area contributed by atoms with Crippen molar-refractivity contribution in [2.75, 3.05) is 18.9 Å². The number of carbonyl (C=O) groups excluding carboxylic acids is 2. The molecule has 0 saturated carbocycles. The molecule has 0 aliphatic rings. The highest BCUT2D eigenvalue weighted by molar-refractivity contribution is 7.17. The number of thiophene rings is 1. The van der Waals surface area contributed by atoms with Gasteiger partial charge in [-0.25, -0.2) is 0 Å². The fourth-order valence-electron chi connectivity index (χ4n) is 1.81. The van der Waals surface area contributed by atoms with E-state index in [1.165, 1.54) is 19.2 Å². The molecule has 0 spiro atoms. The zero-order valence-corrected chi connectivity index (χ0v) is 14.6. The van der Waals surface area contributed by atoms with Gasteiger partial charge in [-0.15, -0.1) is 0 Å². The van der Waals surface area contributed by atoms with E-state index < -0.39 is 16.7 Å². The van der Waals surface area contributed by atoms with Crippen LogP contribution in [-0.2, 0) is 4.79 Å². The van der Waals surface area contributed by atoms with Crippen molar-refractivity contribution >= 4 is 57.0 Å². The first-order valence-electron chi connectivity index (χ1n) is 6.53. The number of amides is 2. The Morgan fingerprint density at radius 1 is 1.25 bits per heavy atom. The van der Waals surface area contributed by atoms with Crippen LogP contribution in [0.1, 0.15) is 9.67 Å². The molecule has 0 saturated heterocycles. The van der Waals surface area contributed by atoms with Crippen LogP contribution < -0.4 is 5.32 Å². The minimum absolute atomic E-state index is 0.140. The van der Waals surface area contributed by atoms with Gasteiger partial charge in [-0.05, 0) is 18.2 Å². The lowest BCUT2D eigenvalue weighted by atomic mass is 10.3. The molecule has 1 heterocycles. The number of anilines is 1. The molecular formula is C14H11Cl2N3O4S. The number of hydrogen-bond acceptors (Lipinski definition) is 5. The summed E-state index contributed by atoms with van der Waals surface area (Å²) in [6.07, 6.45) is 0. The number of carbonyl (C=O) groups is 2. The van der Waals surface area contributed by atoms with Gasteiger partial charge >= 0.3 is 5.00 Å². The van der Waals surface area contributed by atoms with Crippen molar-refractivity contribution in [1.29, 1.82) is 0 Å². The molecule has 1 aromatic carbocycles. The van der Waals surface area contributed by atoms with Crippen LogP contribution >= 0.6 is 34.5 Å². The van der Waals surface area contributed by atoms with Crippen LogP contribution in [0, 0.1) is 10.1 Å². The molecule has 2 aromatic rings. The Kier molecular flexibility index (Phi) is 5.76. The first kappa shape index (κ1) is 18.2. The number of rotatable bonds is 5. The maximum atomic E-state index is 12.2. The summed E-state index contributed by atoms with van der Waals surface area (Å²) in [4.78, 5) is 35.6. The maximum Gasteiger partial charge on any atom is 0.324 e. The Balaban J connectivity index is 2.02. The number of hydrogen-bond donors (Lipinski definition) is 1. The molecule has 126 valence electrons. The highest BCUT2D eigenvalue weighted by atomic mass is 35.5. The normalized spacial score (nSPS) is 10.3. The summed E-state index contributed by atoms with van der Waals surface area (Å²) in [6.45, 7) is -0.258. The van der Waals surface area contributed by atoms with Crippen molar-refractivity contribution in [3.05, 3.63) is 55.4 Å². The van der Waals surface area contributed by atoms with Crippen molar-refractivity contribution in [3.8, 4) is 0 Å². The summed E-state index contributed by atoms with van der Waals surface area (Å²) in [5.41, 5.74) is 0.262. The summed E-state index contributed by atoms with van der Waals surface area (Å²) < 4.78 is 0. The van der Waals surface area contributed by atoms with Gasteiger partial charge in [0.15, 0.2) is 0 Å². The molecule has 7 nitrogen and oxygen atoms in total. The van der Waals surface area contributed by atoms with Crippen LogP contribution in [0.2, 0.25) is 10.0 Å². The van der Waals surface area contributed by atoms with Gasteiger partial charge < -0.3 is 10.2 Å². The average molecular weight is 388 g/mol. The minimum Gasteiger partial charge on any atom is -0.332 e. The van der Waals surface area contributed by atoms with Crippen molar-refractivity contribution in [2.24, 2.45) is 0 Å². The van der Waals surface area contributed by atoms with E-state index >= 15 is 0 Å². The van der Waals surface area contributed by atoms with Gasteiger partial charge in [-0.2, -0.15) is 0 Å². The molecular weight excluding hydrogens is 377 g/mol. The molecule has 0 radical (unpaired) electrons. The van der Waals surface area contributed by atoms with Crippen LogP contribution in [0.4, 0.5) is 10.7 Å². The van der Waals surface area contributed by atoms with Gasteiger partial charge in [0.1, 0.15) is 0 Å².